The molecule has 0 fully saturated rings. The second-order valence-corrected chi connectivity index (χ2v) is 6.54. The molecule has 0 radical (unpaired) electrons. The molecule has 0 spiro atoms. The summed E-state index contributed by atoms with van der Waals surface area (Å²) < 4.78 is 5.45. The maximum Gasteiger partial charge on any atom is 0.174 e. The summed E-state index contributed by atoms with van der Waals surface area (Å²) in [7, 11) is 0. The highest BCUT2D eigenvalue weighted by Crippen LogP contribution is 2.26. The van der Waals surface area contributed by atoms with E-state index in [1.165, 1.54) is 0 Å². The molecule has 2 heterocycles. The van der Waals surface area contributed by atoms with Gasteiger partial charge in [-0.25, -0.2) is 0 Å². The van der Waals surface area contributed by atoms with Crippen molar-refractivity contribution in [3.63, 3.8) is 0 Å². The molecule has 128 valence electrons. The van der Waals surface area contributed by atoms with Gasteiger partial charge in [0.15, 0.2) is 5.11 Å². The van der Waals surface area contributed by atoms with E-state index in [2.05, 4.69) is 10.3 Å². The smallest absolute Gasteiger partial charge is 0.174 e. The van der Waals surface area contributed by atoms with Crippen molar-refractivity contribution >= 4 is 46.2 Å². The lowest BCUT2D eigenvalue weighted by atomic mass is 10.3. The van der Waals surface area contributed by atoms with Crippen LogP contribution in [0.2, 0.25) is 10.0 Å². The molecule has 0 saturated heterocycles. The Labute approximate surface area is 161 Å². The van der Waals surface area contributed by atoms with Gasteiger partial charge in [0.05, 0.1) is 35.8 Å². The Morgan fingerprint density at radius 3 is 2.72 bits per heavy atom. The lowest BCUT2D eigenvalue weighted by molar-refractivity contribution is 0.357. The van der Waals surface area contributed by atoms with E-state index in [-0.39, 0.29) is 0 Å². The number of halogens is 2. The molecule has 0 bridgehead atoms. The number of pyridine rings is 1. The van der Waals surface area contributed by atoms with Crippen LogP contribution in [0.1, 0.15) is 11.5 Å². The summed E-state index contributed by atoms with van der Waals surface area (Å²) in [6.45, 7) is 1.04. The lowest BCUT2D eigenvalue weighted by Crippen LogP contribution is -2.34. The van der Waals surface area contributed by atoms with Crippen molar-refractivity contribution in [2.45, 2.75) is 13.1 Å². The fraction of sp³-hybridized carbons (Fsp3) is 0.111. The Balaban J connectivity index is 1.79. The van der Waals surface area contributed by atoms with Gasteiger partial charge < -0.3 is 14.6 Å². The number of nitrogens with zero attached hydrogens (tertiary/aromatic N) is 2. The van der Waals surface area contributed by atoms with Crippen LogP contribution in [0.15, 0.2) is 65.4 Å². The van der Waals surface area contributed by atoms with Crippen molar-refractivity contribution in [3.05, 3.63) is 82.5 Å². The van der Waals surface area contributed by atoms with Gasteiger partial charge in [-0.1, -0.05) is 29.3 Å². The molecular formula is C18H15Cl2N3OS. The highest BCUT2D eigenvalue weighted by Gasteiger charge is 2.15. The molecular weight excluding hydrogens is 377 g/mol. The first-order valence-electron chi connectivity index (χ1n) is 7.55. The van der Waals surface area contributed by atoms with Crippen LogP contribution < -0.4 is 5.32 Å². The van der Waals surface area contributed by atoms with Gasteiger partial charge >= 0.3 is 0 Å². The zero-order chi connectivity index (χ0) is 17.6. The molecule has 1 N–H and O–H groups in total. The zero-order valence-corrected chi connectivity index (χ0v) is 15.5. The highest BCUT2D eigenvalue weighted by atomic mass is 35.5. The largest absolute Gasteiger partial charge is 0.467 e. The predicted molar refractivity (Wildman–Crippen MR) is 105 cm³/mol. The monoisotopic (exact) mass is 391 g/mol. The first kappa shape index (κ1) is 17.7. The molecule has 0 saturated carbocycles. The average molecular weight is 392 g/mol. The Bertz CT molecular complexity index is 841. The summed E-state index contributed by atoms with van der Waals surface area (Å²) in [4.78, 5) is 6.31. The molecule has 7 heteroatoms. The summed E-state index contributed by atoms with van der Waals surface area (Å²) in [6, 6.07) is 14.7. The summed E-state index contributed by atoms with van der Waals surface area (Å²) in [5.74, 6) is 0.803. The van der Waals surface area contributed by atoms with E-state index in [0.717, 1.165) is 11.5 Å². The fourth-order valence-corrected chi connectivity index (χ4v) is 2.84. The summed E-state index contributed by atoms with van der Waals surface area (Å²) in [5, 5.41) is 4.79. The summed E-state index contributed by atoms with van der Waals surface area (Å²) >= 11 is 17.8. The minimum absolute atomic E-state index is 0.506. The molecule has 0 unspecified atom stereocenters. The first-order valence-corrected chi connectivity index (χ1v) is 8.71. The zero-order valence-electron chi connectivity index (χ0n) is 13.2. The Hall–Kier alpha value is -2.08. The number of nitrogens with one attached hydrogen (secondary N) is 1. The van der Waals surface area contributed by atoms with Crippen molar-refractivity contribution in [1.82, 2.24) is 9.88 Å². The average Bonchev–Trinajstić information content (AvgIpc) is 3.11. The van der Waals surface area contributed by atoms with E-state index in [1.807, 2.05) is 35.2 Å². The van der Waals surface area contributed by atoms with Crippen LogP contribution in [0, 0.1) is 0 Å². The van der Waals surface area contributed by atoms with Crippen molar-refractivity contribution in [2.24, 2.45) is 0 Å². The van der Waals surface area contributed by atoms with Gasteiger partial charge in [0, 0.05) is 11.2 Å². The van der Waals surface area contributed by atoms with Crippen LogP contribution in [0.3, 0.4) is 0 Å². The third-order valence-corrected chi connectivity index (χ3v) is 4.39. The maximum absolute atomic E-state index is 6.22. The van der Waals surface area contributed by atoms with Gasteiger partial charge in [-0.05, 0) is 54.7 Å². The van der Waals surface area contributed by atoms with Crippen molar-refractivity contribution in [3.8, 4) is 0 Å². The lowest BCUT2D eigenvalue weighted by Gasteiger charge is -2.25. The molecule has 0 aliphatic heterocycles. The molecule has 2 aromatic heterocycles. The molecule has 25 heavy (non-hydrogen) atoms. The molecule has 0 aliphatic rings. The van der Waals surface area contributed by atoms with E-state index in [9.17, 15) is 0 Å². The van der Waals surface area contributed by atoms with Crippen LogP contribution in [0.4, 0.5) is 5.69 Å². The number of hydrogen-bond acceptors (Lipinski definition) is 3. The molecule has 3 aromatic rings. The van der Waals surface area contributed by atoms with Gasteiger partial charge in [-0.15, -0.1) is 0 Å². The number of aromatic nitrogens is 1. The van der Waals surface area contributed by atoms with Gasteiger partial charge in [0.1, 0.15) is 5.76 Å². The second kappa shape index (κ2) is 8.34. The maximum atomic E-state index is 6.22. The van der Waals surface area contributed by atoms with Crippen molar-refractivity contribution < 1.29 is 4.42 Å². The van der Waals surface area contributed by atoms with E-state index < -0.39 is 0 Å². The topological polar surface area (TPSA) is 41.3 Å². The number of thiocarbonyl (C=S) groups is 1. The molecule has 4 nitrogen and oxygen atoms in total. The van der Waals surface area contributed by atoms with Crippen LogP contribution in [0.25, 0.3) is 0 Å². The van der Waals surface area contributed by atoms with Gasteiger partial charge in [0.25, 0.3) is 0 Å². The fourth-order valence-electron chi connectivity index (χ4n) is 2.26. The third kappa shape index (κ3) is 4.95. The molecule has 0 amide bonds. The van der Waals surface area contributed by atoms with Gasteiger partial charge in [-0.2, -0.15) is 0 Å². The summed E-state index contributed by atoms with van der Waals surface area (Å²) in [5.41, 5.74) is 1.56. The first-order chi connectivity index (χ1) is 12.1. The van der Waals surface area contributed by atoms with E-state index in [1.54, 1.807) is 30.7 Å². The van der Waals surface area contributed by atoms with Crippen LogP contribution in [0.5, 0.6) is 0 Å². The Morgan fingerprint density at radius 2 is 2.00 bits per heavy atom. The quantitative estimate of drug-likeness (QED) is 0.591. The van der Waals surface area contributed by atoms with Gasteiger partial charge in [0.2, 0.25) is 0 Å². The SMILES string of the molecule is S=C(Nc1cc(Cl)ccc1Cl)N(Cc1ccccn1)Cc1ccco1. The van der Waals surface area contributed by atoms with Crippen LogP contribution in [-0.2, 0) is 13.1 Å². The Kier molecular flexibility index (Phi) is 5.91. The second-order valence-electron chi connectivity index (χ2n) is 5.31. The number of benzene rings is 1. The number of rotatable bonds is 5. The molecule has 0 aliphatic carbocycles. The molecule has 1 aromatic carbocycles. The van der Waals surface area contributed by atoms with Crippen molar-refractivity contribution in [1.29, 1.82) is 0 Å². The van der Waals surface area contributed by atoms with Crippen LogP contribution >= 0.6 is 35.4 Å². The summed E-state index contributed by atoms with van der Waals surface area (Å²) in [6.07, 6.45) is 3.39. The van der Waals surface area contributed by atoms with Crippen molar-refractivity contribution in [2.75, 3.05) is 5.32 Å². The minimum Gasteiger partial charge on any atom is -0.467 e. The molecule has 0 atom stereocenters. The number of furan rings is 1. The van der Waals surface area contributed by atoms with E-state index in [4.69, 9.17) is 39.8 Å². The normalized spacial score (nSPS) is 10.5. The predicted octanol–water partition coefficient (Wildman–Crippen LogP) is 5.38. The van der Waals surface area contributed by atoms with E-state index in [0.29, 0.717) is 33.9 Å². The molecule has 3 rings (SSSR count). The van der Waals surface area contributed by atoms with Crippen LogP contribution in [-0.4, -0.2) is 15.0 Å². The number of hydrogen-bond donors (Lipinski definition) is 1. The number of anilines is 1. The standard InChI is InChI=1S/C18H15Cl2N3OS/c19-13-6-7-16(20)17(10-13)22-18(25)23(12-15-5-3-9-24-15)11-14-4-1-2-8-21-14/h1-10H,11-12H2,(H,22,25). The van der Waals surface area contributed by atoms with E-state index >= 15 is 0 Å². The highest BCUT2D eigenvalue weighted by molar-refractivity contribution is 7.80. The third-order valence-electron chi connectivity index (χ3n) is 3.46. The van der Waals surface area contributed by atoms with Gasteiger partial charge in [-0.3, -0.25) is 4.98 Å². The Morgan fingerprint density at radius 1 is 1.12 bits per heavy atom. The minimum atomic E-state index is 0.506.